The minimum absolute atomic E-state index is 0.0678. The lowest BCUT2D eigenvalue weighted by molar-refractivity contribution is 0.0953. The number of benzene rings is 1. The first-order valence-electron chi connectivity index (χ1n) is 6.87. The van der Waals surface area contributed by atoms with Crippen molar-refractivity contribution >= 4 is 15.9 Å². The zero-order valence-electron chi connectivity index (χ0n) is 12.2. The molecule has 2 aromatic rings. The molecule has 0 bridgehead atoms. The van der Waals surface area contributed by atoms with Crippen molar-refractivity contribution in [3.63, 3.8) is 0 Å². The number of sulfonamides is 1. The van der Waals surface area contributed by atoms with Crippen molar-refractivity contribution in [1.82, 2.24) is 10.0 Å². The van der Waals surface area contributed by atoms with Crippen LogP contribution in [0.4, 0.5) is 0 Å². The van der Waals surface area contributed by atoms with Gasteiger partial charge in [0.05, 0.1) is 11.2 Å². The van der Waals surface area contributed by atoms with Crippen LogP contribution in [0.15, 0.2) is 52.0 Å². The Morgan fingerprint density at radius 1 is 1.23 bits per heavy atom. The lowest BCUT2D eigenvalue weighted by Gasteiger charge is -2.07. The van der Waals surface area contributed by atoms with Gasteiger partial charge in [-0.15, -0.1) is 0 Å². The van der Waals surface area contributed by atoms with Crippen LogP contribution in [0.5, 0.6) is 0 Å². The second-order valence-corrected chi connectivity index (χ2v) is 6.56. The standard InChI is InChI=1S/C15H18N2O4S/c1-16-22(19,20)14-8-2-5-12(11-14)15(18)17-9-3-6-13-7-4-10-21-13/h2,4-5,7-8,10-11,16H,3,6,9H2,1H3,(H,17,18). The summed E-state index contributed by atoms with van der Waals surface area (Å²) in [6.07, 6.45) is 3.09. The average molecular weight is 322 g/mol. The van der Waals surface area contributed by atoms with Gasteiger partial charge in [0.15, 0.2) is 0 Å². The zero-order chi connectivity index (χ0) is 16.0. The summed E-state index contributed by atoms with van der Waals surface area (Å²) < 4.78 is 30.9. The van der Waals surface area contributed by atoms with Gasteiger partial charge in [-0.1, -0.05) is 6.07 Å². The van der Waals surface area contributed by atoms with Crippen molar-refractivity contribution in [2.75, 3.05) is 13.6 Å². The molecule has 0 aliphatic carbocycles. The molecule has 0 saturated carbocycles. The average Bonchev–Trinajstić information content (AvgIpc) is 3.05. The van der Waals surface area contributed by atoms with E-state index >= 15 is 0 Å². The highest BCUT2D eigenvalue weighted by Gasteiger charge is 2.13. The second kappa shape index (κ2) is 7.24. The molecule has 0 aliphatic rings. The van der Waals surface area contributed by atoms with Crippen molar-refractivity contribution in [3.8, 4) is 0 Å². The number of carbonyl (C=O) groups excluding carboxylic acids is 1. The third-order valence-electron chi connectivity index (χ3n) is 3.14. The number of hydrogen-bond acceptors (Lipinski definition) is 4. The Kier molecular flexibility index (Phi) is 5.35. The molecule has 1 heterocycles. The molecule has 0 aliphatic heterocycles. The smallest absolute Gasteiger partial charge is 0.251 e. The molecule has 0 atom stereocenters. The normalized spacial score (nSPS) is 11.3. The van der Waals surface area contributed by atoms with Gasteiger partial charge in [0.2, 0.25) is 10.0 Å². The van der Waals surface area contributed by atoms with Gasteiger partial charge < -0.3 is 9.73 Å². The minimum Gasteiger partial charge on any atom is -0.469 e. The predicted molar refractivity (Wildman–Crippen MR) is 82.0 cm³/mol. The van der Waals surface area contributed by atoms with Crippen LogP contribution in [-0.2, 0) is 16.4 Å². The maximum Gasteiger partial charge on any atom is 0.251 e. The number of aryl methyl sites for hydroxylation is 1. The number of nitrogens with one attached hydrogen (secondary N) is 2. The van der Waals surface area contributed by atoms with E-state index < -0.39 is 10.0 Å². The third-order valence-corrected chi connectivity index (χ3v) is 4.55. The minimum atomic E-state index is -3.55. The van der Waals surface area contributed by atoms with Gasteiger partial charge >= 0.3 is 0 Å². The van der Waals surface area contributed by atoms with E-state index in [2.05, 4.69) is 10.0 Å². The van der Waals surface area contributed by atoms with Gasteiger partial charge in [-0.2, -0.15) is 0 Å². The maximum absolute atomic E-state index is 12.0. The largest absolute Gasteiger partial charge is 0.469 e. The molecule has 6 nitrogen and oxygen atoms in total. The van der Waals surface area contributed by atoms with E-state index in [4.69, 9.17) is 4.42 Å². The predicted octanol–water partition coefficient (Wildman–Crippen LogP) is 1.55. The molecule has 0 spiro atoms. The van der Waals surface area contributed by atoms with Crippen LogP contribution in [0.25, 0.3) is 0 Å². The Balaban J connectivity index is 1.91. The monoisotopic (exact) mass is 322 g/mol. The topological polar surface area (TPSA) is 88.4 Å². The molecule has 2 N–H and O–H groups in total. The molecule has 7 heteroatoms. The number of carbonyl (C=O) groups is 1. The molecule has 1 amide bonds. The summed E-state index contributed by atoms with van der Waals surface area (Å²) in [6.45, 7) is 0.489. The van der Waals surface area contributed by atoms with Crippen molar-refractivity contribution in [1.29, 1.82) is 0 Å². The first-order valence-corrected chi connectivity index (χ1v) is 8.35. The summed E-state index contributed by atoms with van der Waals surface area (Å²) in [5.74, 6) is 0.573. The van der Waals surface area contributed by atoms with E-state index in [1.807, 2.05) is 12.1 Å². The van der Waals surface area contributed by atoms with Crippen LogP contribution < -0.4 is 10.0 Å². The Bertz CT molecular complexity index is 724. The summed E-state index contributed by atoms with van der Waals surface area (Å²) in [6, 6.07) is 9.63. The SMILES string of the molecule is CNS(=O)(=O)c1cccc(C(=O)NCCCc2ccco2)c1. The molecule has 118 valence electrons. The molecule has 0 saturated heterocycles. The van der Waals surface area contributed by atoms with E-state index in [1.165, 1.54) is 19.2 Å². The van der Waals surface area contributed by atoms with Gasteiger partial charge in [-0.05, 0) is 43.8 Å². The van der Waals surface area contributed by atoms with Crippen LogP contribution in [0.1, 0.15) is 22.5 Å². The summed E-state index contributed by atoms with van der Waals surface area (Å²) in [5, 5.41) is 2.76. The summed E-state index contributed by atoms with van der Waals surface area (Å²) in [5.41, 5.74) is 0.314. The molecule has 0 fully saturated rings. The van der Waals surface area contributed by atoms with Crippen molar-refractivity contribution in [2.24, 2.45) is 0 Å². The lowest BCUT2D eigenvalue weighted by atomic mass is 10.2. The van der Waals surface area contributed by atoms with E-state index in [-0.39, 0.29) is 10.8 Å². The Morgan fingerprint density at radius 2 is 2.05 bits per heavy atom. The second-order valence-electron chi connectivity index (χ2n) is 4.67. The fraction of sp³-hybridized carbons (Fsp3) is 0.267. The number of amides is 1. The molecule has 1 aromatic heterocycles. The van der Waals surface area contributed by atoms with Gasteiger partial charge in [0, 0.05) is 18.5 Å². The maximum atomic E-state index is 12.0. The molecule has 0 unspecified atom stereocenters. The molecular formula is C15H18N2O4S. The Hall–Kier alpha value is -2.12. The van der Waals surface area contributed by atoms with Crippen LogP contribution in [0, 0.1) is 0 Å². The molecule has 22 heavy (non-hydrogen) atoms. The van der Waals surface area contributed by atoms with E-state index in [9.17, 15) is 13.2 Å². The fourth-order valence-electron chi connectivity index (χ4n) is 1.94. The van der Waals surface area contributed by atoms with Gasteiger partial charge in [-0.3, -0.25) is 4.79 Å². The van der Waals surface area contributed by atoms with Crippen LogP contribution in [0.2, 0.25) is 0 Å². The summed E-state index contributed by atoms with van der Waals surface area (Å²) in [4.78, 5) is 12.1. The first-order chi connectivity index (χ1) is 10.5. The Labute approximate surface area is 129 Å². The van der Waals surface area contributed by atoms with Crippen LogP contribution in [-0.4, -0.2) is 27.9 Å². The molecule has 2 rings (SSSR count). The molecule has 1 aromatic carbocycles. The number of hydrogen-bond donors (Lipinski definition) is 2. The molecular weight excluding hydrogens is 304 g/mol. The van der Waals surface area contributed by atoms with Gasteiger partial charge in [0.1, 0.15) is 5.76 Å². The highest BCUT2D eigenvalue weighted by Crippen LogP contribution is 2.11. The quantitative estimate of drug-likeness (QED) is 0.757. The summed E-state index contributed by atoms with van der Waals surface area (Å²) >= 11 is 0. The van der Waals surface area contributed by atoms with Crippen LogP contribution >= 0.6 is 0 Å². The van der Waals surface area contributed by atoms with Crippen molar-refractivity contribution in [2.45, 2.75) is 17.7 Å². The van der Waals surface area contributed by atoms with Crippen LogP contribution in [0.3, 0.4) is 0 Å². The Morgan fingerprint density at radius 3 is 2.73 bits per heavy atom. The van der Waals surface area contributed by atoms with Gasteiger partial charge in [0.25, 0.3) is 5.91 Å². The zero-order valence-corrected chi connectivity index (χ0v) is 13.0. The van der Waals surface area contributed by atoms with Crippen molar-refractivity contribution in [3.05, 3.63) is 54.0 Å². The lowest BCUT2D eigenvalue weighted by Crippen LogP contribution is -2.25. The van der Waals surface area contributed by atoms with E-state index in [0.29, 0.717) is 12.1 Å². The van der Waals surface area contributed by atoms with E-state index in [0.717, 1.165) is 18.6 Å². The van der Waals surface area contributed by atoms with Crippen molar-refractivity contribution < 1.29 is 17.6 Å². The fourth-order valence-corrected chi connectivity index (χ4v) is 2.72. The number of furan rings is 1. The van der Waals surface area contributed by atoms with Gasteiger partial charge in [-0.25, -0.2) is 13.1 Å². The highest BCUT2D eigenvalue weighted by atomic mass is 32.2. The first kappa shape index (κ1) is 16.3. The molecule has 0 radical (unpaired) electrons. The highest BCUT2D eigenvalue weighted by molar-refractivity contribution is 7.89. The third kappa shape index (κ3) is 4.19. The van der Waals surface area contributed by atoms with E-state index in [1.54, 1.807) is 18.4 Å². The number of rotatable bonds is 7. The summed E-state index contributed by atoms with van der Waals surface area (Å²) in [7, 11) is -2.22.